The predicted octanol–water partition coefficient (Wildman–Crippen LogP) is 2.33. The van der Waals surface area contributed by atoms with Crippen molar-refractivity contribution in [1.29, 1.82) is 0 Å². The second kappa shape index (κ2) is 4.39. The molecule has 1 aromatic rings. The Morgan fingerprint density at radius 2 is 2.00 bits per heavy atom. The van der Waals surface area contributed by atoms with Gasteiger partial charge >= 0.3 is 0 Å². The van der Waals surface area contributed by atoms with E-state index in [2.05, 4.69) is 24.4 Å². The maximum absolute atomic E-state index is 5.64. The van der Waals surface area contributed by atoms with Crippen LogP contribution in [0.2, 0.25) is 0 Å². The van der Waals surface area contributed by atoms with Gasteiger partial charge in [0.1, 0.15) is 0 Å². The van der Waals surface area contributed by atoms with Gasteiger partial charge < -0.3 is 11.1 Å². The molecule has 3 N–H and O–H groups in total. The van der Waals surface area contributed by atoms with Gasteiger partial charge in [-0.05, 0) is 24.3 Å². The molecule has 0 radical (unpaired) electrons. The lowest BCUT2D eigenvalue weighted by atomic mass is 9.81. The van der Waals surface area contributed by atoms with Crippen LogP contribution in [0.4, 0.5) is 0 Å². The predicted molar refractivity (Wildman–Crippen MR) is 63.9 cm³/mol. The van der Waals surface area contributed by atoms with Crippen LogP contribution in [-0.4, -0.2) is 6.04 Å². The highest BCUT2D eigenvalue weighted by Crippen LogP contribution is 2.28. The minimum absolute atomic E-state index is 0.606. The second-order valence-corrected chi connectivity index (χ2v) is 4.36. The summed E-state index contributed by atoms with van der Waals surface area (Å²) in [6.45, 7) is 2.28. The van der Waals surface area contributed by atoms with Crippen LogP contribution in [0.1, 0.15) is 25.3 Å². The largest absolute Gasteiger partial charge is 0.403 e. The van der Waals surface area contributed by atoms with Crippen molar-refractivity contribution in [2.24, 2.45) is 11.7 Å². The molecule has 0 bridgehead atoms. The van der Waals surface area contributed by atoms with Crippen molar-refractivity contribution in [2.45, 2.75) is 25.8 Å². The number of hydrogen-bond donors (Lipinski definition) is 2. The molecule has 2 heteroatoms. The van der Waals surface area contributed by atoms with Gasteiger partial charge in [0.2, 0.25) is 0 Å². The van der Waals surface area contributed by atoms with Crippen LogP contribution < -0.4 is 11.1 Å². The second-order valence-electron chi connectivity index (χ2n) is 4.36. The van der Waals surface area contributed by atoms with Crippen LogP contribution in [0, 0.1) is 5.92 Å². The van der Waals surface area contributed by atoms with Crippen LogP contribution in [0.3, 0.4) is 0 Å². The van der Waals surface area contributed by atoms with E-state index in [1.54, 1.807) is 6.20 Å². The molecule has 0 saturated heterocycles. The summed E-state index contributed by atoms with van der Waals surface area (Å²) in [5.41, 5.74) is 7.86. The van der Waals surface area contributed by atoms with Crippen molar-refractivity contribution in [1.82, 2.24) is 5.32 Å². The zero-order chi connectivity index (χ0) is 10.7. The molecule has 0 spiro atoms. The maximum Gasteiger partial charge on any atom is 0.0573 e. The molecule has 0 atom stereocenters. The topological polar surface area (TPSA) is 38.0 Å². The normalized spacial score (nSPS) is 25.8. The minimum Gasteiger partial charge on any atom is -0.403 e. The van der Waals surface area contributed by atoms with E-state index in [0.717, 1.165) is 11.6 Å². The van der Waals surface area contributed by atoms with Crippen LogP contribution in [0.25, 0.3) is 5.70 Å². The lowest BCUT2D eigenvalue weighted by molar-refractivity contribution is 0.264. The fourth-order valence-electron chi connectivity index (χ4n) is 2.09. The summed E-state index contributed by atoms with van der Waals surface area (Å²) in [6.07, 6.45) is 4.17. The third-order valence-electron chi connectivity index (χ3n) is 2.98. The van der Waals surface area contributed by atoms with Crippen LogP contribution >= 0.6 is 0 Å². The van der Waals surface area contributed by atoms with Gasteiger partial charge in [-0.1, -0.05) is 37.3 Å². The summed E-state index contributed by atoms with van der Waals surface area (Å²) >= 11 is 0. The fourth-order valence-corrected chi connectivity index (χ4v) is 2.09. The van der Waals surface area contributed by atoms with Crippen LogP contribution in [0.15, 0.2) is 36.5 Å². The molecule has 1 aromatic carbocycles. The first-order chi connectivity index (χ1) is 7.29. The summed E-state index contributed by atoms with van der Waals surface area (Å²) in [6, 6.07) is 10.8. The Morgan fingerprint density at radius 3 is 2.53 bits per heavy atom. The number of benzene rings is 1. The fraction of sp³-hybridized carbons (Fsp3) is 0.385. The van der Waals surface area contributed by atoms with E-state index in [0.29, 0.717) is 6.04 Å². The van der Waals surface area contributed by atoms with Gasteiger partial charge in [0.05, 0.1) is 5.70 Å². The number of rotatable bonds is 3. The average Bonchev–Trinajstić information content (AvgIpc) is 2.24. The maximum atomic E-state index is 5.64. The Morgan fingerprint density at radius 1 is 1.33 bits per heavy atom. The molecule has 1 aliphatic rings. The molecule has 0 heterocycles. The summed E-state index contributed by atoms with van der Waals surface area (Å²) in [7, 11) is 0. The Kier molecular flexibility index (Phi) is 2.95. The monoisotopic (exact) mass is 202 g/mol. The first-order valence-electron chi connectivity index (χ1n) is 5.53. The molecule has 2 rings (SSSR count). The average molecular weight is 202 g/mol. The van der Waals surface area contributed by atoms with Gasteiger partial charge in [0, 0.05) is 12.2 Å². The number of nitrogens with one attached hydrogen (secondary N) is 1. The zero-order valence-electron chi connectivity index (χ0n) is 9.11. The Labute approximate surface area is 91.2 Å². The van der Waals surface area contributed by atoms with E-state index >= 15 is 0 Å². The number of nitrogens with two attached hydrogens (primary N) is 1. The Balaban J connectivity index is 2.00. The third kappa shape index (κ3) is 2.32. The molecule has 0 amide bonds. The van der Waals surface area contributed by atoms with E-state index in [-0.39, 0.29) is 0 Å². The quantitative estimate of drug-likeness (QED) is 0.789. The minimum atomic E-state index is 0.606. The highest BCUT2D eigenvalue weighted by atomic mass is 15.0. The lowest BCUT2D eigenvalue weighted by Gasteiger charge is -2.34. The molecule has 2 nitrogen and oxygen atoms in total. The highest BCUT2D eigenvalue weighted by Gasteiger charge is 2.25. The van der Waals surface area contributed by atoms with Crippen molar-refractivity contribution in [3.63, 3.8) is 0 Å². The van der Waals surface area contributed by atoms with Crippen molar-refractivity contribution in [3.05, 3.63) is 42.1 Å². The van der Waals surface area contributed by atoms with E-state index in [4.69, 9.17) is 5.73 Å². The van der Waals surface area contributed by atoms with Gasteiger partial charge in [-0.2, -0.15) is 0 Å². The summed E-state index contributed by atoms with van der Waals surface area (Å²) < 4.78 is 0. The Hall–Kier alpha value is -1.44. The number of hydrogen-bond acceptors (Lipinski definition) is 2. The van der Waals surface area contributed by atoms with E-state index in [1.807, 2.05) is 18.2 Å². The smallest absolute Gasteiger partial charge is 0.0573 e. The highest BCUT2D eigenvalue weighted by molar-refractivity contribution is 5.63. The van der Waals surface area contributed by atoms with Crippen molar-refractivity contribution >= 4 is 5.70 Å². The van der Waals surface area contributed by atoms with Gasteiger partial charge in [0.15, 0.2) is 0 Å². The standard InChI is InChI=1S/C13H18N2/c1-10-7-12(8-10)15-13(9-14)11-5-3-2-4-6-11/h2-6,9-10,12,15H,7-8,14H2,1H3/b13-9-. The lowest BCUT2D eigenvalue weighted by Crippen LogP contribution is -2.39. The van der Waals surface area contributed by atoms with Gasteiger partial charge in [-0.3, -0.25) is 0 Å². The van der Waals surface area contributed by atoms with Crippen molar-refractivity contribution in [3.8, 4) is 0 Å². The first-order valence-corrected chi connectivity index (χ1v) is 5.53. The Bertz CT molecular complexity index is 337. The third-order valence-corrected chi connectivity index (χ3v) is 2.98. The molecule has 0 unspecified atom stereocenters. The molecule has 0 aliphatic heterocycles. The molecular weight excluding hydrogens is 184 g/mol. The van der Waals surface area contributed by atoms with Crippen LogP contribution in [0.5, 0.6) is 0 Å². The summed E-state index contributed by atoms with van der Waals surface area (Å²) in [4.78, 5) is 0. The molecule has 15 heavy (non-hydrogen) atoms. The van der Waals surface area contributed by atoms with E-state index < -0.39 is 0 Å². The SMILES string of the molecule is CC1CC(N/C(=C\N)c2ccccc2)C1. The summed E-state index contributed by atoms with van der Waals surface area (Å²) in [5.74, 6) is 0.859. The molecule has 1 aliphatic carbocycles. The molecule has 0 aromatic heterocycles. The van der Waals surface area contributed by atoms with Crippen molar-refractivity contribution < 1.29 is 0 Å². The van der Waals surface area contributed by atoms with Crippen LogP contribution in [-0.2, 0) is 0 Å². The zero-order valence-corrected chi connectivity index (χ0v) is 9.11. The molecule has 80 valence electrons. The van der Waals surface area contributed by atoms with Gasteiger partial charge in [-0.25, -0.2) is 0 Å². The molecule has 1 saturated carbocycles. The van der Waals surface area contributed by atoms with Crippen molar-refractivity contribution in [2.75, 3.05) is 0 Å². The van der Waals surface area contributed by atoms with Gasteiger partial charge in [0.25, 0.3) is 0 Å². The molecule has 1 fully saturated rings. The van der Waals surface area contributed by atoms with E-state index in [9.17, 15) is 0 Å². The van der Waals surface area contributed by atoms with E-state index in [1.165, 1.54) is 18.4 Å². The summed E-state index contributed by atoms with van der Waals surface area (Å²) in [5, 5.41) is 3.49. The van der Waals surface area contributed by atoms with Gasteiger partial charge in [-0.15, -0.1) is 0 Å². The first kappa shape index (κ1) is 10.1. The molecular formula is C13H18N2.